The second kappa shape index (κ2) is 5.49. The van der Waals surface area contributed by atoms with Crippen LogP contribution in [0.3, 0.4) is 0 Å². The molecule has 1 aromatic rings. The maximum Gasteiger partial charge on any atom is 0.242 e. The molecule has 0 fully saturated rings. The lowest BCUT2D eigenvalue weighted by atomic mass is 9.96. The van der Waals surface area contributed by atoms with Gasteiger partial charge in [0.15, 0.2) is 0 Å². The molecule has 3 heteroatoms. The normalized spacial score (nSPS) is 12.6. The number of hydrogen-bond acceptors (Lipinski definition) is 2. The SMILES string of the molecule is CCC(C)(C)NC(=O)C(C#N)c1ccccc1. The van der Waals surface area contributed by atoms with Crippen molar-refractivity contribution in [2.75, 3.05) is 0 Å². The summed E-state index contributed by atoms with van der Waals surface area (Å²) in [6.45, 7) is 5.90. The molecule has 3 nitrogen and oxygen atoms in total. The van der Waals surface area contributed by atoms with Crippen LogP contribution in [0.15, 0.2) is 30.3 Å². The maximum atomic E-state index is 12.0. The Morgan fingerprint density at radius 3 is 2.47 bits per heavy atom. The van der Waals surface area contributed by atoms with Gasteiger partial charge >= 0.3 is 0 Å². The summed E-state index contributed by atoms with van der Waals surface area (Å²) >= 11 is 0. The molecule has 0 bridgehead atoms. The maximum absolute atomic E-state index is 12.0. The number of amides is 1. The van der Waals surface area contributed by atoms with Gasteiger partial charge in [-0.3, -0.25) is 4.79 Å². The average molecular weight is 230 g/mol. The summed E-state index contributed by atoms with van der Waals surface area (Å²) in [7, 11) is 0. The molecule has 0 saturated heterocycles. The molecule has 90 valence electrons. The third kappa shape index (κ3) is 3.60. The van der Waals surface area contributed by atoms with Crippen LogP contribution in [0.1, 0.15) is 38.7 Å². The fourth-order valence-electron chi connectivity index (χ4n) is 1.42. The van der Waals surface area contributed by atoms with Crippen molar-refractivity contribution in [2.24, 2.45) is 0 Å². The summed E-state index contributed by atoms with van der Waals surface area (Å²) in [5.74, 6) is -0.965. The zero-order valence-electron chi connectivity index (χ0n) is 10.5. The molecular formula is C14H18N2O. The van der Waals surface area contributed by atoms with Gasteiger partial charge in [-0.25, -0.2) is 0 Å². The standard InChI is InChI=1S/C14H18N2O/c1-4-14(2,3)16-13(17)12(10-15)11-8-6-5-7-9-11/h5-9,12H,4H2,1-3H3,(H,16,17). The van der Waals surface area contributed by atoms with Gasteiger partial charge in [-0.15, -0.1) is 0 Å². The zero-order valence-corrected chi connectivity index (χ0v) is 10.5. The zero-order chi connectivity index (χ0) is 12.9. The van der Waals surface area contributed by atoms with Crippen LogP contribution >= 0.6 is 0 Å². The van der Waals surface area contributed by atoms with E-state index in [-0.39, 0.29) is 11.4 Å². The van der Waals surface area contributed by atoms with Crippen LogP contribution in [-0.2, 0) is 4.79 Å². The Kier molecular flexibility index (Phi) is 4.28. The summed E-state index contributed by atoms with van der Waals surface area (Å²) < 4.78 is 0. The van der Waals surface area contributed by atoms with Gasteiger partial charge < -0.3 is 5.32 Å². The molecular weight excluding hydrogens is 212 g/mol. The summed E-state index contributed by atoms with van der Waals surface area (Å²) in [6, 6.07) is 11.2. The minimum Gasteiger partial charge on any atom is -0.350 e. The lowest BCUT2D eigenvalue weighted by Gasteiger charge is -2.25. The van der Waals surface area contributed by atoms with Gasteiger partial charge in [-0.05, 0) is 25.8 Å². The van der Waals surface area contributed by atoms with Crippen molar-refractivity contribution in [1.82, 2.24) is 5.32 Å². The van der Waals surface area contributed by atoms with Gasteiger partial charge in [0.05, 0.1) is 6.07 Å². The number of carbonyl (C=O) groups is 1. The van der Waals surface area contributed by atoms with E-state index in [4.69, 9.17) is 5.26 Å². The number of nitriles is 1. The molecule has 0 aromatic heterocycles. The first-order valence-electron chi connectivity index (χ1n) is 5.77. The molecule has 1 amide bonds. The summed E-state index contributed by atoms with van der Waals surface area (Å²) in [4.78, 5) is 12.0. The van der Waals surface area contributed by atoms with Gasteiger partial charge in [-0.1, -0.05) is 37.3 Å². The van der Waals surface area contributed by atoms with Crippen LogP contribution in [0.4, 0.5) is 0 Å². The minimum atomic E-state index is -0.734. The minimum absolute atomic E-state index is 0.231. The molecule has 1 atom stereocenters. The third-order valence-corrected chi connectivity index (χ3v) is 2.87. The Bertz CT molecular complexity index is 418. The van der Waals surface area contributed by atoms with Crippen molar-refractivity contribution in [3.05, 3.63) is 35.9 Å². The molecule has 17 heavy (non-hydrogen) atoms. The Labute approximate surface area is 102 Å². The molecule has 0 saturated carbocycles. The summed E-state index contributed by atoms with van der Waals surface area (Å²) in [6.07, 6.45) is 0.825. The molecule has 0 spiro atoms. The van der Waals surface area contributed by atoms with E-state index in [0.717, 1.165) is 12.0 Å². The van der Waals surface area contributed by atoms with Crippen LogP contribution < -0.4 is 5.32 Å². The van der Waals surface area contributed by atoms with E-state index in [2.05, 4.69) is 11.4 Å². The molecule has 1 rings (SSSR count). The van der Waals surface area contributed by atoms with Gasteiger partial charge in [-0.2, -0.15) is 5.26 Å². The average Bonchev–Trinajstić information content (AvgIpc) is 2.31. The van der Waals surface area contributed by atoms with Crippen LogP contribution in [0, 0.1) is 11.3 Å². The summed E-state index contributed by atoms with van der Waals surface area (Å²) in [5, 5.41) is 12.0. The van der Waals surface area contributed by atoms with Crippen molar-refractivity contribution < 1.29 is 4.79 Å². The lowest BCUT2D eigenvalue weighted by Crippen LogP contribution is -2.44. The molecule has 1 aromatic carbocycles. The van der Waals surface area contributed by atoms with E-state index in [1.54, 1.807) is 12.1 Å². The number of hydrogen-bond donors (Lipinski definition) is 1. The van der Waals surface area contributed by atoms with Crippen LogP contribution in [0.25, 0.3) is 0 Å². The Balaban J connectivity index is 2.84. The number of nitrogens with zero attached hydrogens (tertiary/aromatic N) is 1. The quantitative estimate of drug-likeness (QED) is 0.864. The number of nitrogens with one attached hydrogen (secondary N) is 1. The molecule has 0 aliphatic carbocycles. The number of benzene rings is 1. The predicted molar refractivity (Wildman–Crippen MR) is 67.3 cm³/mol. The van der Waals surface area contributed by atoms with E-state index in [9.17, 15) is 4.79 Å². The van der Waals surface area contributed by atoms with Crippen molar-refractivity contribution in [3.8, 4) is 6.07 Å². The fraction of sp³-hybridized carbons (Fsp3) is 0.429. The third-order valence-electron chi connectivity index (χ3n) is 2.87. The lowest BCUT2D eigenvalue weighted by molar-refractivity contribution is -0.123. The Hall–Kier alpha value is -1.82. The van der Waals surface area contributed by atoms with Gasteiger partial charge in [0.2, 0.25) is 5.91 Å². The predicted octanol–water partition coefficient (Wildman–Crippen LogP) is 2.60. The van der Waals surface area contributed by atoms with Crippen LogP contribution in [-0.4, -0.2) is 11.4 Å². The largest absolute Gasteiger partial charge is 0.350 e. The van der Waals surface area contributed by atoms with Gasteiger partial charge in [0, 0.05) is 5.54 Å². The topological polar surface area (TPSA) is 52.9 Å². The monoisotopic (exact) mass is 230 g/mol. The molecule has 1 unspecified atom stereocenters. The van der Waals surface area contributed by atoms with E-state index < -0.39 is 5.92 Å². The number of rotatable bonds is 4. The van der Waals surface area contributed by atoms with Crippen LogP contribution in [0.2, 0.25) is 0 Å². The Morgan fingerprint density at radius 2 is 2.00 bits per heavy atom. The van der Waals surface area contributed by atoms with Crippen molar-refractivity contribution in [1.29, 1.82) is 5.26 Å². The first-order chi connectivity index (χ1) is 8.00. The highest BCUT2D eigenvalue weighted by Gasteiger charge is 2.25. The van der Waals surface area contributed by atoms with Crippen molar-refractivity contribution in [3.63, 3.8) is 0 Å². The smallest absolute Gasteiger partial charge is 0.242 e. The molecule has 0 aliphatic heterocycles. The number of carbonyl (C=O) groups excluding carboxylic acids is 1. The summed E-state index contributed by atoms with van der Waals surface area (Å²) in [5.41, 5.74) is 0.459. The van der Waals surface area contributed by atoms with Crippen LogP contribution in [0.5, 0.6) is 0 Å². The Morgan fingerprint density at radius 1 is 1.41 bits per heavy atom. The first kappa shape index (κ1) is 13.2. The first-order valence-corrected chi connectivity index (χ1v) is 5.77. The molecule has 0 heterocycles. The van der Waals surface area contributed by atoms with Crippen molar-refractivity contribution in [2.45, 2.75) is 38.6 Å². The van der Waals surface area contributed by atoms with Gasteiger partial charge in [0.25, 0.3) is 0 Å². The van der Waals surface area contributed by atoms with E-state index in [1.807, 2.05) is 39.0 Å². The molecule has 1 N–H and O–H groups in total. The highest BCUT2D eigenvalue weighted by Crippen LogP contribution is 2.17. The fourth-order valence-corrected chi connectivity index (χ4v) is 1.42. The van der Waals surface area contributed by atoms with E-state index >= 15 is 0 Å². The second-order valence-corrected chi connectivity index (χ2v) is 4.70. The molecule has 0 radical (unpaired) electrons. The highest BCUT2D eigenvalue weighted by atomic mass is 16.2. The van der Waals surface area contributed by atoms with E-state index in [1.165, 1.54) is 0 Å². The molecule has 0 aliphatic rings. The van der Waals surface area contributed by atoms with Crippen molar-refractivity contribution >= 4 is 5.91 Å². The second-order valence-electron chi connectivity index (χ2n) is 4.70. The van der Waals surface area contributed by atoms with E-state index in [0.29, 0.717) is 0 Å². The highest BCUT2D eigenvalue weighted by molar-refractivity contribution is 5.86. The van der Waals surface area contributed by atoms with Gasteiger partial charge in [0.1, 0.15) is 5.92 Å².